The van der Waals surface area contributed by atoms with Crippen molar-refractivity contribution in [1.82, 2.24) is 15.3 Å². The number of amides is 1. The minimum absolute atomic E-state index is 0.250. The van der Waals surface area contributed by atoms with Gasteiger partial charge in [0.2, 0.25) is 5.95 Å². The third kappa shape index (κ3) is 3.89. The molecule has 0 radical (unpaired) electrons. The zero-order valence-corrected chi connectivity index (χ0v) is 12.2. The summed E-state index contributed by atoms with van der Waals surface area (Å²) in [5.74, 6) is 0.143. The van der Waals surface area contributed by atoms with Crippen molar-refractivity contribution in [2.45, 2.75) is 13.8 Å². The minimum atomic E-state index is -0.250. The monoisotopic (exact) mass is 282 g/mol. The Morgan fingerprint density at radius 2 is 2.10 bits per heavy atom. The smallest absolute Gasteiger partial charge is 0.270 e. The van der Waals surface area contributed by atoms with E-state index in [9.17, 15) is 4.79 Å². The maximum atomic E-state index is 11.8. The molecule has 0 bridgehead atoms. The van der Waals surface area contributed by atoms with Gasteiger partial charge in [0.05, 0.1) is 0 Å². The summed E-state index contributed by atoms with van der Waals surface area (Å²) in [6.45, 7) is 8.06. The Morgan fingerprint density at radius 1 is 1.29 bits per heavy atom. The van der Waals surface area contributed by atoms with Crippen molar-refractivity contribution in [3.8, 4) is 0 Å². The predicted octanol–water partition coefficient (Wildman–Crippen LogP) is 2.75. The summed E-state index contributed by atoms with van der Waals surface area (Å²) >= 11 is 0. The van der Waals surface area contributed by atoms with E-state index in [4.69, 9.17) is 0 Å². The fraction of sp³-hybridized carbons (Fsp3) is 0.188. The molecular weight excluding hydrogens is 264 g/mol. The molecule has 21 heavy (non-hydrogen) atoms. The van der Waals surface area contributed by atoms with E-state index < -0.39 is 0 Å². The summed E-state index contributed by atoms with van der Waals surface area (Å²) in [4.78, 5) is 20.2. The number of rotatable bonds is 5. The average molecular weight is 282 g/mol. The molecule has 2 aromatic rings. The Labute approximate surface area is 124 Å². The van der Waals surface area contributed by atoms with Crippen molar-refractivity contribution in [2.24, 2.45) is 0 Å². The Morgan fingerprint density at radius 3 is 2.81 bits per heavy atom. The first-order chi connectivity index (χ1) is 10.1. The molecule has 0 unspecified atom stereocenters. The van der Waals surface area contributed by atoms with Crippen molar-refractivity contribution >= 4 is 17.5 Å². The van der Waals surface area contributed by atoms with Gasteiger partial charge >= 0.3 is 0 Å². The molecule has 5 nitrogen and oxygen atoms in total. The van der Waals surface area contributed by atoms with Gasteiger partial charge in [-0.15, -0.1) is 6.58 Å². The number of nitrogens with zero attached hydrogens (tertiary/aromatic N) is 2. The maximum Gasteiger partial charge on any atom is 0.270 e. The molecule has 2 rings (SSSR count). The van der Waals surface area contributed by atoms with Crippen LogP contribution in [-0.2, 0) is 0 Å². The summed E-state index contributed by atoms with van der Waals surface area (Å²) < 4.78 is 0. The van der Waals surface area contributed by atoms with Gasteiger partial charge in [0.25, 0.3) is 5.91 Å². The number of carbonyl (C=O) groups is 1. The number of benzene rings is 1. The first-order valence-corrected chi connectivity index (χ1v) is 6.66. The van der Waals surface area contributed by atoms with Gasteiger partial charge in [-0.3, -0.25) is 4.79 Å². The number of hydrogen-bond acceptors (Lipinski definition) is 4. The van der Waals surface area contributed by atoms with E-state index in [1.807, 2.05) is 25.1 Å². The van der Waals surface area contributed by atoms with Gasteiger partial charge in [-0.2, -0.15) is 0 Å². The largest absolute Gasteiger partial charge is 0.347 e. The maximum absolute atomic E-state index is 11.8. The fourth-order valence-corrected chi connectivity index (χ4v) is 1.75. The molecule has 0 aliphatic rings. The highest BCUT2D eigenvalue weighted by Gasteiger charge is 2.08. The molecular formula is C16H18N4O. The zero-order valence-electron chi connectivity index (χ0n) is 12.2. The van der Waals surface area contributed by atoms with Crippen molar-refractivity contribution in [2.75, 3.05) is 11.9 Å². The SMILES string of the molecule is C=CCNC(=O)c1ccnc(Nc2ccc(C)c(C)c2)n1. The van der Waals surface area contributed by atoms with Gasteiger partial charge in [-0.25, -0.2) is 9.97 Å². The summed E-state index contributed by atoms with van der Waals surface area (Å²) in [5, 5.41) is 5.78. The van der Waals surface area contributed by atoms with E-state index in [1.165, 1.54) is 11.1 Å². The Balaban J connectivity index is 2.15. The number of anilines is 2. The van der Waals surface area contributed by atoms with Crippen LogP contribution in [0.1, 0.15) is 21.6 Å². The van der Waals surface area contributed by atoms with Gasteiger partial charge < -0.3 is 10.6 Å². The zero-order chi connectivity index (χ0) is 15.2. The molecule has 0 saturated heterocycles. The molecule has 1 aromatic carbocycles. The van der Waals surface area contributed by atoms with Gasteiger partial charge in [0.15, 0.2) is 0 Å². The third-order valence-corrected chi connectivity index (χ3v) is 3.06. The highest BCUT2D eigenvalue weighted by molar-refractivity contribution is 5.92. The number of carbonyl (C=O) groups excluding carboxylic acids is 1. The van der Waals surface area contributed by atoms with E-state index in [0.29, 0.717) is 18.2 Å². The molecule has 0 fully saturated rings. The molecule has 1 aromatic heterocycles. The molecule has 0 saturated carbocycles. The summed E-state index contributed by atoms with van der Waals surface area (Å²) in [5.41, 5.74) is 3.61. The fourth-order valence-electron chi connectivity index (χ4n) is 1.75. The van der Waals surface area contributed by atoms with Crippen LogP contribution in [0.5, 0.6) is 0 Å². The minimum Gasteiger partial charge on any atom is -0.347 e. The Bertz CT molecular complexity index is 667. The quantitative estimate of drug-likeness (QED) is 0.827. The summed E-state index contributed by atoms with van der Waals surface area (Å²) in [6.07, 6.45) is 3.17. The lowest BCUT2D eigenvalue weighted by atomic mass is 10.1. The van der Waals surface area contributed by atoms with E-state index in [1.54, 1.807) is 18.3 Å². The molecule has 2 N–H and O–H groups in total. The van der Waals surface area contributed by atoms with Crippen molar-refractivity contribution in [1.29, 1.82) is 0 Å². The average Bonchev–Trinajstić information content (AvgIpc) is 2.49. The second-order valence-corrected chi connectivity index (χ2v) is 4.69. The van der Waals surface area contributed by atoms with Crippen LogP contribution in [0.3, 0.4) is 0 Å². The molecule has 1 heterocycles. The molecule has 0 aliphatic carbocycles. The number of aromatic nitrogens is 2. The molecule has 0 atom stereocenters. The molecule has 0 aliphatic heterocycles. The van der Waals surface area contributed by atoms with Crippen molar-refractivity contribution in [3.63, 3.8) is 0 Å². The van der Waals surface area contributed by atoms with Gasteiger partial charge in [0.1, 0.15) is 5.69 Å². The van der Waals surface area contributed by atoms with Gasteiger partial charge in [0, 0.05) is 18.4 Å². The Hall–Kier alpha value is -2.69. The van der Waals surface area contributed by atoms with Crippen LogP contribution in [0.4, 0.5) is 11.6 Å². The highest BCUT2D eigenvalue weighted by Crippen LogP contribution is 2.17. The number of aryl methyl sites for hydroxylation is 2. The lowest BCUT2D eigenvalue weighted by Crippen LogP contribution is -2.24. The second kappa shape index (κ2) is 6.65. The topological polar surface area (TPSA) is 66.9 Å². The van der Waals surface area contributed by atoms with E-state index >= 15 is 0 Å². The van der Waals surface area contributed by atoms with Crippen LogP contribution in [-0.4, -0.2) is 22.4 Å². The number of nitrogens with one attached hydrogen (secondary N) is 2. The first-order valence-electron chi connectivity index (χ1n) is 6.66. The van der Waals surface area contributed by atoms with Crippen LogP contribution in [0.25, 0.3) is 0 Å². The van der Waals surface area contributed by atoms with Crippen molar-refractivity contribution < 1.29 is 4.79 Å². The van der Waals surface area contributed by atoms with Crippen LogP contribution in [0.15, 0.2) is 43.1 Å². The van der Waals surface area contributed by atoms with Gasteiger partial charge in [-0.05, 0) is 43.2 Å². The van der Waals surface area contributed by atoms with Crippen molar-refractivity contribution in [3.05, 3.63) is 59.9 Å². The van der Waals surface area contributed by atoms with E-state index in [-0.39, 0.29) is 5.91 Å². The van der Waals surface area contributed by atoms with E-state index in [0.717, 1.165) is 5.69 Å². The second-order valence-electron chi connectivity index (χ2n) is 4.69. The molecule has 1 amide bonds. The standard InChI is InChI=1S/C16H18N4O/c1-4-8-17-15(21)14-7-9-18-16(20-14)19-13-6-5-11(2)12(3)10-13/h4-7,9-10H,1,8H2,2-3H3,(H,17,21)(H,18,19,20). The van der Waals surface area contributed by atoms with E-state index in [2.05, 4.69) is 34.1 Å². The highest BCUT2D eigenvalue weighted by atomic mass is 16.1. The molecule has 5 heteroatoms. The summed E-state index contributed by atoms with van der Waals surface area (Å²) in [6, 6.07) is 7.57. The molecule has 108 valence electrons. The lowest BCUT2D eigenvalue weighted by Gasteiger charge is -2.08. The summed E-state index contributed by atoms with van der Waals surface area (Å²) in [7, 11) is 0. The predicted molar refractivity (Wildman–Crippen MR) is 83.8 cm³/mol. The Kier molecular flexibility index (Phi) is 4.66. The van der Waals surface area contributed by atoms with Gasteiger partial charge in [-0.1, -0.05) is 12.1 Å². The first kappa shape index (κ1) is 14.7. The van der Waals surface area contributed by atoms with Crippen LogP contribution >= 0.6 is 0 Å². The van der Waals surface area contributed by atoms with Crippen LogP contribution in [0.2, 0.25) is 0 Å². The third-order valence-electron chi connectivity index (χ3n) is 3.06. The molecule has 0 spiro atoms. The number of hydrogen-bond donors (Lipinski definition) is 2. The van der Waals surface area contributed by atoms with Crippen LogP contribution in [0, 0.1) is 13.8 Å². The van der Waals surface area contributed by atoms with Crippen LogP contribution < -0.4 is 10.6 Å². The lowest BCUT2D eigenvalue weighted by molar-refractivity contribution is 0.0953. The normalized spacial score (nSPS) is 10.0.